The first kappa shape index (κ1) is 13.5. The molecule has 0 unspecified atom stereocenters. The van der Waals surface area contributed by atoms with Crippen LogP contribution in [0.25, 0.3) is 0 Å². The van der Waals surface area contributed by atoms with Gasteiger partial charge in [0.1, 0.15) is 0 Å². The van der Waals surface area contributed by atoms with Crippen molar-refractivity contribution in [1.82, 2.24) is 5.32 Å². The van der Waals surface area contributed by atoms with Gasteiger partial charge in [-0.25, -0.2) is 0 Å². The lowest BCUT2D eigenvalue weighted by atomic mass is 10.1. The van der Waals surface area contributed by atoms with Gasteiger partial charge in [-0.2, -0.15) is 0 Å². The Kier molecular flexibility index (Phi) is 4.97. The minimum Gasteiger partial charge on any atom is -0.395 e. The van der Waals surface area contributed by atoms with E-state index in [-0.39, 0.29) is 12.5 Å². The van der Waals surface area contributed by atoms with Crippen LogP contribution < -0.4 is 10.2 Å². The summed E-state index contributed by atoms with van der Waals surface area (Å²) in [4.78, 5) is 13.4. The van der Waals surface area contributed by atoms with E-state index in [9.17, 15) is 4.79 Å². The third kappa shape index (κ3) is 4.44. The van der Waals surface area contributed by atoms with Gasteiger partial charge in [0.25, 0.3) is 0 Å². The van der Waals surface area contributed by atoms with Gasteiger partial charge < -0.3 is 15.3 Å². The summed E-state index contributed by atoms with van der Waals surface area (Å²) in [5, 5.41) is 11.2. The van der Waals surface area contributed by atoms with E-state index in [2.05, 4.69) is 11.4 Å². The molecule has 0 bridgehead atoms. The van der Waals surface area contributed by atoms with Crippen LogP contribution in [0.15, 0.2) is 18.2 Å². The molecule has 0 atom stereocenters. The van der Waals surface area contributed by atoms with Gasteiger partial charge in [0.05, 0.1) is 13.2 Å². The predicted molar refractivity (Wildman–Crippen MR) is 69.3 cm³/mol. The normalized spacial score (nSPS) is 10.1. The maximum atomic E-state index is 11.5. The molecule has 0 saturated heterocycles. The Labute approximate surface area is 102 Å². The van der Waals surface area contributed by atoms with Crippen molar-refractivity contribution in [2.75, 3.05) is 31.6 Å². The molecule has 17 heavy (non-hydrogen) atoms. The zero-order chi connectivity index (χ0) is 12.8. The lowest BCUT2D eigenvalue weighted by molar-refractivity contribution is -0.119. The molecule has 0 fully saturated rings. The minimum absolute atomic E-state index is 0.0288. The number of amides is 1. The first-order chi connectivity index (χ1) is 8.02. The third-order valence-electron chi connectivity index (χ3n) is 2.46. The number of hydrogen-bond acceptors (Lipinski definition) is 3. The molecular weight excluding hydrogens is 216 g/mol. The Morgan fingerprint density at radius 2 is 1.88 bits per heavy atom. The summed E-state index contributed by atoms with van der Waals surface area (Å²) in [5.74, 6) is -0.0827. The van der Waals surface area contributed by atoms with Crippen LogP contribution in [0.3, 0.4) is 0 Å². The van der Waals surface area contributed by atoms with Crippen LogP contribution in [-0.2, 0) is 4.79 Å². The Morgan fingerprint density at radius 3 is 2.41 bits per heavy atom. The maximum Gasteiger partial charge on any atom is 0.239 e. The van der Waals surface area contributed by atoms with Crippen LogP contribution in [-0.4, -0.2) is 37.8 Å². The summed E-state index contributed by atoms with van der Waals surface area (Å²) in [6.45, 7) is 4.65. The first-order valence-electron chi connectivity index (χ1n) is 5.70. The summed E-state index contributed by atoms with van der Waals surface area (Å²) in [5.41, 5.74) is 3.40. The molecule has 94 valence electrons. The monoisotopic (exact) mass is 236 g/mol. The van der Waals surface area contributed by atoms with Crippen molar-refractivity contribution in [2.24, 2.45) is 0 Å². The van der Waals surface area contributed by atoms with Crippen LogP contribution in [0.2, 0.25) is 0 Å². The third-order valence-corrected chi connectivity index (χ3v) is 2.46. The molecule has 0 heterocycles. The molecule has 0 saturated carbocycles. The fourth-order valence-corrected chi connectivity index (χ4v) is 1.73. The zero-order valence-electron chi connectivity index (χ0n) is 10.7. The van der Waals surface area contributed by atoms with Gasteiger partial charge in [-0.3, -0.25) is 4.79 Å². The molecule has 4 heteroatoms. The second-order valence-electron chi connectivity index (χ2n) is 4.28. The van der Waals surface area contributed by atoms with Crippen LogP contribution >= 0.6 is 0 Å². The number of hydrogen-bond donors (Lipinski definition) is 2. The van der Waals surface area contributed by atoms with Crippen LogP contribution in [0.5, 0.6) is 0 Å². The Morgan fingerprint density at radius 1 is 1.29 bits per heavy atom. The van der Waals surface area contributed by atoms with Gasteiger partial charge in [0.2, 0.25) is 5.91 Å². The molecule has 0 aliphatic carbocycles. The Bertz CT molecular complexity index is 371. The van der Waals surface area contributed by atoms with E-state index in [0.29, 0.717) is 13.1 Å². The largest absolute Gasteiger partial charge is 0.395 e. The van der Waals surface area contributed by atoms with Gasteiger partial charge in [-0.15, -0.1) is 0 Å². The number of carbonyl (C=O) groups is 1. The molecular formula is C13H20N2O2. The van der Waals surface area contributed by atoms with E-state index in [1.165, 1.54) is 11.1 Å². The van der Waals surface area contributed by atoms with Crippen molar-refractivity contribution in [1.29, 1.82) is 0 Å². The highest BCUT2D eigenvalue weighted by Crippen LogP contribution is 2.16. The smallest absolute Gasteiger partial charge is 0.239 e. The number of aliphatic hydroxyl groups is 1. The molecule has 0 spiro atoms. The highest BCUT2D eigenvalue weighted by Gasteiger charge is 2.07. The number of anilines is 1. The number of nitrogens with zero attached hydrogens (tertiary/aromatic N) is 1. The van der Waals surface area contributed by atoms with Crippen molar-refractivity contribution in [2.45, 2.75) is 13.8 Å². The molecule has 0 aliphatic heterocycles. The van der Waals surface area contributed by atoms with Crippen LogP contribution in [0.4, 0.5) is 5.69 Å². The highest BCUT2D eigenvalue weighted by molar-refractivity contribution is 5.81. The van der Waals surface area contributed by atoms with E-state index < -0.39 is 0 Å². The Hall–Kier alpha value is -1.55. The van der Waals surface area contributed by atoms with E-state index in [0.717, 1.165) is 5.69 Å². The standard InChI is InChI=1S/C13H20N2O2/c1-10-6-11(2)8-12(7-10)15(3)9-13(17)14-4-5-16/h6-8,16H,4-5,9H2,1-3H3,(H,14,17). The predicted octanol–water partition coefficient (Wildman–Crippen LogP) is 0.848. The van der Waals surface area contributed by atoms with Crippen LogP contribution in [0, 0.1) is 13.8 Å². The van der Waals surface area contributed by atoms with E-state index in [1.54, 1.807) is 0 Å². The van der Waals surface area contributed by atoms with Gasteiger partial charge >= 0.3 is 0 Å². The number of benzene rings is 1. The molecule has 0 aromatic heterocycles. The van der Waals surface area contributed by atoms with E-state index in [4.69, 9.17) is 5.11 Å². The number of aliphatic hydroxyl groups excluding tert-OH is 1. The minimum atomic E-state index is -0.0827. The van der Waals surface area contributed by atoms with Crippen LogP contribution in [0.1, 0.15) is 11.1 Å². The van der Waals surface area contributed by atoms with Crippen molar-refractivity contribution >= 4 is 11.6 Å². The SMILES string of the molecule is Cc1cc(C)cc(N(C)CC(=O)NCCO)c1. The van der Waals surface area contributed by atoms with Crippen molar-refractivity contribution < 1.29 is 9.90 Å². The quantitative estimate of drug-likeness (QED) is 0.797. The van der Waals surface area contributed by atoms with Gasteiger partial charge in [0.15, 0.2) is 0 Å². The molecule has 4 nitrogen and oxygen atoms in total. The number of carbonyl (C=O) groups excluding carboxylic acids is 1. The fourth-order valence-electron chi connectivity index (χ4n) is 1.73. The van der Waals surface area contributed by atoms with Crippen molar-refractivity contribution in [3.05, 3.63) is 29.3 Å². The fraction of sp³-hybridized carbons (Fsp3) is 0.462. The molecule has 1 aromatic carbocycles. The van der Waals surface area contributed by atoms with Gasteiger partial charge in [-0.1, -0.05) is 6.07 Å². The molecule has 0 aliphatic rings. The number of aryl methyl sites for hydroxylation is 2. The average Bonchev–Trinajstić information content (AvgIpc) is 2.25. The summed E-state index contributed by atoms with van der Waals surface area (Å²) >= 11 is 0. The van der Waals surface area contributed by atoms with E-state index in [1.807, 2.05) is 37.9 Å². The topological polar surface area (TPSA) is 52.6 Å². The lowest BCUT2D eigenvalue weighted by Gasteiger charge is -2.19. The second-order valence-corrected chi connectivity index (χ2v) is 4.28. The molecule has 1 rings (SSSR count). The average molecular weight is 236 g/mol. The highest BCUT2D eigenvalue weighted by atomic mass is 16.3. The van der Waals surface area contributed by atoms with E-state index >= 15 is 0 Å². The van der Waals surface area contributed by atoms with Gasteiger partial charge in [0, 0.05) is 19.3 Å². The van der Waals surface area contributed by atoms with Gasteiger partial charge in [-0.05, 0) is 37.1 Å². The van der Waals surface area contributed by atoms with Crippen molar-refractivity contribution in [3.8, 4) is 0 Å². The Balaban J connectivity index is 2.63. The summed E-state index contributed by atoms with van der Waals surface area (Å²) < 4.78 is 0. The summed E-state index contributed by atoms with van der Waals surface area (Å²) in [7, 11) is 1.88. The number of rotatable bonds is 5. The molecule has 1 aromatic rings. The summed E-state index contributed by atoms with van der Waals surface area (Å²) in [6, 6.07) is 6.20. The number of likely N-dealkylation sites (N-methyl/N-ethyl adjacent to an activating group) is 1. The first-order valence-corrected chi connectivity index (χ1v) is 5.70. The molecule has 2 N–H and O–H groups in total. The van der Waals surface area contributed by atoms with Crippen molar-refractivity contribution in [3.63, 3.8) is 0 Å². The maximum absolute atomic E-state index is 11.5. The summed E-state index contributed by atoms with van der Waals surface area (Å²) in [6.07, 6.45) is 0. The zero-order valence-corrected chi connectivity index (χ0v) is 10.7. The second kappa shape index (κ2) is 6.25. The number of nitrogens with one attached hydrogen (secondary N) is 1. The lowest BCUT2D eigenvalue weighted by Crippen LogP contribution is -2.36. The molecule has 0 radical (unpaired) electrons. The molecule has 1 amide bonds.